The van der Waals surface area contributed by atoms with E-state index >= 15 is 0 Å². The number of phenolic OH excluding ortho intramolecular Hbond substituents is 1. The van der Waals surface area contributed by atoms with Crippen LogP contribution >= 0.6 is 0 Å². The van der Waals surface area contributed by atoms with Gasteiger partial charge in [0.1, 0.15) is 5.75 Å². The number of hydrogen-bond donors (Lipinski definition) is 4. The van der Waals surface area contributed by atoms with Crippen LogP contribution in [0, 0.1) is 0 Å². The zero-order valence-corrected chi connectivity index (χ0v) is 15.1. The van der Waals surface area contributed by atoms with Gasteiger partial charge in [-0.3, -0.25) is 4.98 Å². The molecule has 3 aromatic rings. The number of anilines is 3. The topological polar surface area (TPSA) is 129 Å². The Kier molecular flexibility index (Phi) is 5.85. The molecule has 0 unspecified atom stereocenters. The number of aromatic hydroxyl groups is 1. The Morgan fingerprint density at radius 1 is 1.11 bits per heavy atom. The minimum absolute atomic E-state index is 0.155. The van der Waals surface area contributed by atoms with Gasteiger partial charge in [-0.05, 0) is 48.9 Å². The fourth-order valence-corrected chi connectivity index (χ4v) is 2.36. The molecule has 9 heteroatoms. The molecule has 2 aromatic carbocycles. The van der Waals surface area contributed by atoms with Gasteiger partial charge < -0.3 is 20.5 Å². The summed E-state index contributed by atoms with van der Waals surface area (Å²) in [5.41, 5.74) is 1.39. The summed E-state index contributed by atoms with van der Waals surface area (Å²) in [6.45, 7) is 2.44. The molecule has 3 rings (SSSR count). The Bertz CT molecular complexity index is 1000. The highest BCUT2D eigenvalue weighted by Gasteiger charge is 2.07. The molecule has 28 heavy (non-hydrogen) atoms. The number of nitrogens with one attached hydrogen (secondary N) is 3. The number of hydrogen-bond acceptors (Lipinski definition) is 8. The number of rotatable bonds is 7. The number of aromatic nitrogens is 3. The van der Waals surface area contributed by atoms with Crippen LogP contribution in [-0.4, -0.2) is 32.6 Å². The second-order valence-electron chi connectivity index (χ2n) is 5.77. The molecule has 0 bridgehead atoms. The highest BCUT2D eigenvalue weighted by atomic mass is 16.5. The van der Waals surface area contributed by atoms with E-state index in [2.05, 4.69) is 25.6 Å². The van der Waals surface area contributed by atoms with Crippen molar-refractivity contribution in [1.29, 1.82) is 0 Å². The summed E-state index contributed by atoms with van der Waals surface area (Å²) in [5.74, 6) is 0.140. The second-order valence-corrected chi connectivity index (χ2v) is 5.77. The average Bonchev–Trinajstić information content (AvgIpc) is 2.68. The van der Waals surface area contributed by atoms with Crippen molar-refractivity contribution in [3.63, 3.8) is 0 Å². The van der Waals surface area contributed by atoms with Crippen LogP contribution in [0.4, 0.5) is 17.6 Å². The maximum absolute atomic E-state index is 11.8. The molecule has 0 fully saturated rings. The van der Waals surface area contributed by atoms with Gasteiger partial charge >= 0.3 is 11.7 Å². The van der Waals surface area contributed by atoms with Crippen LogP contribution in [0.25, 0.3) is 0 Å². The molecule has 0 aliphatic rings. The van der Waals surface area contributed by atoms with E-state index in [-0.39, 0.29) is 17.6 Å². The van der Waals surface area contributed by atoms with E-state index in [1.54, 1.807) is 55.5 Å². The van der Waals surface area contributed by atoms with Crippen LogP contribution in [0.15, 0.2) is 53.3 Å². The van der Waals surface area contributed by atoms with Gasteiger partial charge in [0.15, 0.2) is 0 Å². The Morgan fingerprint density at radius 2 is 1.82 bits per heavy atom. The van der Waals surface area contributed by atoms with Gasteiger partial charge in [0.05, 0.1) is 12.2 Å². The van der Waals surface area contributed by atoms with Crippen molar-refractivity contribution in [1.82, 2.24) is 15.0 Å². The van der Waals surface area contributed by atoms with Crippen LogP contribution in [0.2, 0.25) is 0 Å². The fraction of sp³-hybridized carbons (Fsp3) is 0.158. The highest BCUT2D eigenvalue weighted by Crippen LogP contribution is 2.15. The lowest BCUT2D eigenvalue weighted by Crippen LogP contribution is -2.17. The lowest BCUT2D eigenvalue weighted by Gasteiger charge is -2.09. The Morgan fingerprint density at radius 3 is 2.50 bits per heavy atom. The fourth-order valence-electron chi connectivity index (χ4n) is 2.36. The third-order valence-corrected chi connectivity index (χ3v) is 3.70. The molecule has 144 valence electrons. The molecule has 0 amide bonds. The summed E-state index contributed by atoms with van der Waals surface area (Å²) < 4.78 is 4.94. The molecule has 4 N–H and O–H groups in total. The molecule has 0 aliphatic heterocycles. The van der Waals surface area contributed by atoms with Gasteiger partial charge in [-0.2, -0.15) is 9.97 Å². The standard InChI is InChI=1S/C19H19N5O4/c1-2-28-16(26)13-5-7-14(8-6-13)21-18-22-17(23-19(27)24-18)20-11-12-3-9-15(25)10-4-12/h3-10,25H,2,11H2,1H3,(H3,20,21,22,23,24,27). The molecule has 0 radical (unpaired) electrons. The summed E-state index contributed by atoms with van der Waals surface area (Å²) in [6, 6.07) is 13.2. The Balaban J connectivity index is 1.68. The quantitative estimate of drug-likeness (QED) is 0.459. The number of H-pyrrole nitrogens is 1. The van der Waals surface area contributed by atoms with Gasteiger partial charge in [0.25, 0.3) is 0 Å². The molecular formula is C19H19N5O4. The molecule has 0 atom stereocenters. The molecule has 0 aliphatic carbocycles. The average molecular weight is 381 g/mol. The van der Waals surface area contributed by atoms with E-state index in [0.717, 1.165) is 5.56 Å². The van der Waals surface area contributed by atoms with Crippen molar-refractivity contribution >= 4 is 23.6 Å². The van der Waals surface area contributed by atoms with E-state index in [1.165, 1.54) is 0 Å². The summed E-state index contributed by atoms with van der Waals surface area (Å²) in [6.07, 6.45) is 0. The SMILES string of the molecule is CCOC(=O)c1ccc(Nc2nc(NCc3ccc(O)cc3)nc(=O)[nH]2)cc1. The maximum Gasteiger partial charge on any atom is 0.351 e. The van der Waals surface area contributed by atoms with E-state index in [0.29, 0.717) is 24.4 Å². The number of phenols is 1. The minimum Gasteiger partial charge on any atom is -0.508 e. The Labute approximate surface area is 160 Å². The summed E-state index contributed by atoms with van der Waals surface area (Å²) in [5, 5.41) is 15.2. The van der Waals surface area contributed by atoms with Crippen LogP contribution in [-0.2, 0) is 11.3 Å². The molecule has 9 nitrogen and oxygen atoms in total. The normalized spacial score (nSPS) is 10.3. The number of ether oxygens (including phenoxy) is 1. The minimum atomic E-state index is -0.561. The van der Waals surface area contributed by atoms with Crippen LogP contribution in [0.5, 0.6) is 5.75 Å². The van der Waals surface area contributed by atoms with Crippen molar-refractivity contribution in [2.24, 2.45) is 0 Å². The molecule has 0 spiro atoms. The third kappa shape index (κ3) is 5.07. The zero-order chi connectivity index (χ0) is 19.9. The van der Waals surface area contributed by atoms with Crippen LogP contribution < -0.4 is 16.3 Å². The number of carbonyl (C=O) groups is 1. The zero-order valence-electron chi connectivity index (χ0n) is 15.1. The molecule has 0 saturated heterocycles. The van der Waals surface area contributed by atoms with E-state index in [9.17, 15) is 14.7 Å². The number of aromatic amines is 1. The predicted molar refractivity (Wildman–Crippen MR) is 104 cm³/mol. The largest absolute Gasteiger partial charge is 0.508 e. The van der Waals surface area contributed by atoms with Gasteiger partial charge in [-0.25, -0.2) is 9.59 Å². The van der Waals surface area contributed by atoms with Crippen molar-refractivity contribution < 1.29 is 14.6 Å². The molecular weight excluding hydrogens is 362 g/mol. The molecule has 1 heterocycles. The number of carbonyl (C=O) groups excluding carboxylic acids is 1. The van der Waals surface area contributed by atoms with Crippen LogP contribution in [0.3, 0.4) is 0 Å². The number of esters is 1. The lowest BCUT2D eigenvalue weighted by molar-refractivity contribution is 0.0526. The maximum atomic E-state index is 11.8. The smallest absolute Gasteiger partial charge is 0.351 e. The predicted octanol–water partition coefficient (Wildman–Crippen LogP) is 2.40. The van der Waals surface area contributed by atoms with Crippen molar-refractivity contribution in [3.05, 3.63) is 70.1 Å². The van der Waals surface area contributed by atoms with Gasteiger partial charge in [-0.1, -0.05) is 12.1 Å². The Hall–Kier alpha value is -3.88. The summed E-state index contributed by atoms with van der Waals surface area (Å²) >= 11 is 0. The van der Waals surface area contributed by atoms with Crippen LogP contribution in [0.1, 0.15) is 22.8 Å². The van der Waals surface area contributed by atoms with E-state index < -0.39 is 11.7 Å². The summed E-state index contributed by atoms with van der Waals surface area (Å²) in [4.78, 5) is 34.0. The van der Waals surface area contributed by atoms with E-state index in [1.807, 2.05) is 0 Å². The van der Waals surface area contributed by atoms with Gasteiger partial charge in [-0.15, -0.1) is 0 Å². The molecule has 0 saturated carbocycles. The highest BCUT2D eigenvalue weighted by molar-refractivity contribution is 5.89. The van der Waals surface area contributed by atoms with Crippen molar-refractivity contribution in [2.75, 3.05) is 17.2 Å². The summed E-state index contributed by atoms with van der Waals surface area (Å²) in [7, 11) is 0. The number of nitrogens with zero attached hydrogens (tertiary/aromatic N) is 2. The van der Waals surface area contributed by atoms with E-state index in [4.69, 9.17) is 4.74 Å². The van der Waals surface area contributed by atoms with Crippen molar-refractivity contribution in [3.8, 4) is 5.75 Å². The third-order valence-electron chi connectivity index (χ3n) is 3.70. The number of benzene rings is 2. The first-order chi connectivity index (χ1) is 13.5. The van der Waals surface area contributed by atoms with Gasteiger partial charge in [0.2, 0.25) is 11.9 Å². The first kappa shape index (κ1) is 18.9. The molecule has 1 aromatic heterocycles. The monoisotopic (exact) mass is 381 g/mol. The second kappa shape index (κ2) is 8.67. The van der Waals surface area contributed by atoms with Gasteiger partial charge in [0, 0.05) is 12.2 Å². The first-order valence-electron chi connectivity index (χ1n) is 8.58. The first-order valence-corrected chi connectivity index (χ1v) is 8.58. The van der Waals surface area contributed by atoms with Crippen molar-refractivity contribution in [2.45, 2.75) is 13.5 Å². The lowest BCUT2D eigenvalue weighted by atomic mass is 10.2.